The highest BCUT2D eigenvalue weighted by Crippen LogP contribution is 2.29. The molecule has 9 nitrogen and oxygen atoms in total. The van der Waals surface area contributed by atoms with Crippen LogP contribution in [0.1, 0.15) is 42.1 Å². The van der Waals surface area contributed by atoms with E-state index in [1.165, 1.54) is 36.3 Å². The molecule has 3 amide bonds. The number of carbonyl (C=O) groups is 4. The van der Waals surface area contributed by atoms with Crippen molar-refractivity contribution in [1.82, 2.24) is 4.90 Å². The Hall–Kier alpha value is -3.88. The molecular formula is C26H30N2O7. The minimum absolute atomic E-state index is 0.0982. The number of hydrogen-bond acceptors (Lipinski definition) is 7. The number of methoxy groups -OCH3 is 3. The van der Waals surface area contributed by atoms with Gasteiger partial charge in [0.15, 0.2) is 11.5 Å². The van der Waals surface area contributed by atoms with E-state index >= 15 is 0 Å². The maximum Gasteiger partial charge on any atom is 0.337 e. The fourth-order valence-corrected chi connectivity index (χ4v) is 4.09. The van der Waals surface area contributed by atoms with E-state index in [-0.39, 0.29) is 25.3 Å². The summed E-state index contributed by atoms with van der Waals surface area (Å²) >= 11 is 0. The first-order valence-electron chi connectivity index (χ1n) is 11.4. The van der Waals surface area contributed by atoms with Gasteiger partial charge in [0, 0.05) is 13.0 Å². The molecule has 1 aliphatic heterocycles. The summed E-state index contributed by atoms with van der Waals surface area (Å²) in [6.07, 6.45) is 1.28. The largest absolute Gasteiger partial charge is 0.493 e. The zero-order valence-electron chi connectivity index (χ0n) is 20.4. The maximum absolute atomic E-state index is 13.3. The van der Waals surface area contributed by atoms with E-state index in [0.717, 1.165) is 10.5 Å². The Bertz CT molecular complexity index is 1100. The number of amides is 3. The van der Waals surface area contributed by atoms with Gasteiger partial charge in [0.2, 0.25) is 11.8 Å². The second-order valence-corrected chi connectivity index (χ2v) is 8.10. The summed E-state index contributed by atoms with van der Waals surface area (Å²) in [6, 6.07) is 10.6. The lowest BCUT2D eigenvalue weighted by atomic mass is 10.1. The highest BCUT2D eigenvalue weighted by atomic mass is 16.5. The summed E-state index contributed by atoms with van der Waals surface area (Å²) in [6.45, 7) is 2.16. The molecule has 1 unspecified atom stereocenters. The molecule has 1 fully saturated rings. The summed E-state index contributed by atoms with van der Waals surface area (Å²) in [4.78, 5) is 53.4. The Morgan fingerprint density at radius 2 is 1.69 bits per heavy atom. The summed E-state index contributed by atoms with van der Waals surface area (Å²) < 4.78 is 15.3. The molecule has 1 saturated heterocycles. The van der Waals surface area contributed by atoms with E-state index in [9.17, 15) is 19.2 Å². The van der Waals surface area contributed by atoms with Crippen molar-refractivity contribution in [2.75, 3.05) is 32.8 Å². The van der Waals surface area contributed by atoms with Gasteiger partial charge in [0.05, 0.1) is 39.0 Å². The van der Waals surface area contributed by atoms with Crippen molar-refractivity contribution in [2.24, 2.45) is 0 Å². The Morgan fingerprint density at radius 3 is 2.29 bits per heavy atom. The van der Waals surface area contributed by atoms with Gasteiger partial charge in [-0.1, -0.05) is 13.0 Å². The van der Waals surface area contributed by atoms with E-state index in [1.54, 1.807) is 20.3 Å². The molecule has 186 valence electrons. The zero-order valence-corrected chi connectivity index (χ0v) is 20.4. The lowest BCUT2D eigenvalue weighted by molar-refractivity contribution is -0.138. The Kier molecular flexibility index (Phi) is 8.46. The number of imide groups is 1. The van der Waals surface area contributed by atoms with Crippen LogP contribution in [0.4, 0.5) is 5.69 Å². The molecule has 0 aliphatic carbocycles. The van der Waals surface area contributed by atoms with E-state index in [0.29, 0.717) is 35.6 Å². The molecule has 9 heteroatoms. The van der Waals surface area contributed by atoms with Gasteiger partial charge in [0.1, 0.15) is 6.04 Å². The minimum Gasteiger partial charge on any atom is -0.493 e. The van der Waals surface area contributed by atoms with Crippen LogP contribution in [0.5, 0.6) is 11.5 Å². The van der Waals surface area contributed by atoms with E-state index in [4.69, 9.17) is 9.47 Å². The monoisotopic (exact) mass is 482 g/mol. The molecular weight excluding hydrogens is 452 g/mol. The molecule has 0 saturated carbocycles. The number of anilines is 1. The maximum atomic E-state index is 13.3. The molecule has 1 aliphatic rings. The van der Waals surface area contributed by atoms with Gasteiger partial charge in [0.25, 0.3) is 5.91 Å². The topological polar surface area (TPSA) is 102 Å². The van der Waals surface area contributed by atoms with Gasteiger partial charge in [-0.25, -0.2) is 9.69 Å². The van der Waals surface area contributed by atoms with Gasteiger partial charge in [-0.2, -0.15) is 0 Å². The molecule has 2 aromatic carbocycles. The highest BCUT2D eigenvalue weighted by Gasteiger charge is 2.44. The average Bonchev–Trinajstić information content (AvgIpc) is 3.17. The lowest BCUT2D eigenvalue weighted by Crippen LogP contribution is -2.46. The fraction of sp³-hybridized carbons (Fsp3) is 0.385. The molecule has 2 aromatic rings. The van der Waals surface area contributed by atoms with Crippen molar-refractivity contribution in [1.29, 1.82) is 0 Å². The van der Waals surface area contributed by atoms with E-state index < -0.39 is 23.8 Å². The number of esters is 1. The summed E-state index contributed by atoms with van der Waals surface area (Å²) in [7, 11) is 4.38. The van der Waals surface area contributed by atoms with Crippen LogP contribution < -0.4 is 14.4 Å². The highest BCUT2D eigenvalue weighted by molar-refractivity contribution is 6.23. The van der Waals surface area contributed by atoms with Crippen molar-refractivity contribution in [3.63, 3.8) is 0 Å². The molecule has 1 heterocycles. The zero-order chi connectivity index (χ0) is 25.5. The van der Waals surface area contributed by atoms with E-state index in [2.05, 4.69) is 4.74 Å². The quantitative estimate of drug-likeness (QED) is 0.379. The standard InChI is InChI=1S/C26H30N2O7/c1-5-6-23(29)27(14-13-17-7-12-21(33-2)22(15-17)34-3)20-16-24(30)28(25(20)31)19-10-8-18(9-11-19)26(32)35-4/h7-12,15,20H,5-6,13-14,16H2,1-4H3. The molecule has 1 atom stereocenters. The number of rotatable bonds is 10. The van der Waals surface area contributed by atoms with Crippen LogP contribution in [-0.2, 0) is 25.5 Å². The van der Waals surface area contributed by atoms with Crippen LogP contribution in [0.15, 0.2) is 42.5 Å². The molecule has 0 spiro atoms. The van der Waals surface area contributed by atoms with Crippen molar-refractivity contribution < 1.29 is 33.4 Å². The van der Waals surface area contributed by atoms with Gasteiger partial charge in [-0.05, 0) is 54.8 Å². The number of carbonyl (C=O) groups excluding carboxylic acids is 4. The van der Waals surface area contributed by atoms with Gasteiger partial charge < -0.3 is 19.1 Å². The van der Waals surface area contributed by atoms with Crippen LogP contribution in [0, 0.1) is 0 Å². The van der Waals surface area contributed by atoms with Gasteiger partial charge in [-0.3, -0.25) is 14.4 Å². The first-order valence-corrected chi connectivity index (χ1v) is 11.4. The van der Waals surface area contributed by atoms with Crippen LogP contribution >= 0.6 is 0 Å². The van der Waals surface area contributed by atoms with Crippen LogP contribution in [0.2, 0.25) is 0 Å². The first-order chi connectivity index (χ1) is 16.8. The predicted molar refractivity (Wildman–Crippen MR) is 129 cm³/mol. The smallest absolute Gasteiger partial charge is 0.337 e. The molecule has 0 aromatic heterocycles. The number of ether oxygens (including phenoxy) is 3. The summed E-state index contributed by atoms with van der Waals surface area (Å²) in [5.74, 6) is -0.378. The third-order valence-corrected chi connectivity index (χ3v) is 5.92. The Morgan fingerprint density at radius 1 is 1.00 bits per heavy atom. The summed E-state index contributed by atoms with van der Waals surface area (Å²) in [5, 5.41) is 0. The second-order valence-electron chi connectivity index (χ2n) is 8.10. The molecule has 3 rings (SSSR count). The molecule has 0 radical (unpaired) electrons. The second kappa shape index (κ2) is 11.5. The minimum atomic E-state index is -0.887. The Labute approximate surface area is 204 Å². The van der Waals surface area contributed by atoms with Crippen LogP contribution in [0.25, 0.3) is 0 Å². The molecule has 0 bridgehead atoms. The summed E-state index contributed by atoms with van der Waals surface area (Å²) in [5.41, 5.74) is 1.56. The number of hydrogen-bond donors (Lipinski definition) is 0. The van der Waals surface area contributed by atoms with Crippen molar-refractivity contribution in [3.05, 3.63) is 53.6 Å². The number of nitrogens with zero attached hydrogens (tertiary/aromatic N) is 2. The van der Waals surface area contributed by atoms with E-state index in [1.807, 2.05) is 19.1 Å². The van der Waals surface area contributed by atoms with Crippen molar-refractivity contribution in [2.45, 2.75) is 38.6 Å². The Balaban J connectivity index is 1.81. The lowest BCUT2D eigenvalue weighted by Gasteiger charge is -2.28. The fourth-order valence-electron chi connectivity index (χ4n) is 4.09. The normalized spacial score (nSPS) is 15.2. The van der Waals surface area contributed by atoms with Crippen molar-refractivity contribution >= 4 is 29.4 Å². The first kappa shape index (κ1) is 25.7. The third kappa shape index (κ3) is 5.62. The molecule has 0 N–H and O–H groups in total. The predicted octanol–water partition coefficient (Wildman–Crippen LogP) is 2.99. The SMILES string of the molecule is CCCC(=O)N(CCc1ccc(OC)c(OC)c1)C1CC(=O)N(c2ccc(C(=O)OC)cc2)C1=O. The van der Waals surface area contributed by atoms with Gasteiger partial charge in [-0.15, -0.1) is 0 Å². The third-order valence-electron chi connectivity index (χ3n) is 5.92. The van der Waals surface area contributed by atoms with Crippen LogP contribution in [0.3, 0.4) is 0 Å². The van der Waals surface area contributed by atoms with Crippen molar-refractivity contribution in [3.8, 4) is 11.5 Å². The number of benzene rings is 2. The average molecular weight is 483 g/mol. The van der Waals surface area contributed by atoms with Gasteiger partial charge >= 0.3 is 5.97 Å². The van der Waals surface area contributed by atoms with Crippen LogP contribution in [-0.4, -0.2) is 62.5 Å². The molecule has 35 heavy (non-hydrogen) atoms.